The Morgan fingerprint density at radius 3 is 2.68 bits per heavy atom. The number of anilines is 1. The minimum Gasteiger partial charge on any atom is -0.497 e. The first-order chi connectivity index (χ1) is 13.3. The summed E-state index contributed by atoms with van der Waals surface area (Å²) in [7, 11) is 1.49. The predicted octanol–water partition coefficient (Wildman–Crippen LogP) is 3.97. The van der Waals surface area contributed by atoms with Crippen molar-refractivity contribution in [2.24, 2.45) is 0 Å². The minimum atomic E-state index is -1.26. The molecular formula is C20H16ClFN2O4. The fraction of sp³-hybridized carbons (Fsp3) is 0.150. The minimum absolute atomic E-state index is 0.107. The van der Waals surface area contributed by atoms with Crippen LogP contribution in [-0.2, 0) is 14.3 Å². The lowest BCUT2D eigenvalue weighted by molar-refractivity contribution is -0.148. The van der Waals surface area contributed by atoms with Gasteiger partial charge in [-0.3, -0.25) is 4.79 Å². The number of nitrogens with zero attached hydrogens (tertiary/aromatic N) is 1. The molecule has 0 aromatic heterocycles. The predicted molar refractivity (Wildman–Crippen MR) is 102 cm³/mol. The van der Waals surface area contributed by atoms with Gasteiger partial charge in [-0.25, -0.2) is 9.18 Å². The van der Waals surface area contributed by atoms with Crippen molar-refractivity contribution in [3.8, 4) is 11.8 Å². The first-order valence-corrected chi connectivity index (χ1v) is 8.44. The quantitative estimate of drug-likeness (QED) is 0.448. The molecule has 0 heterocycles. The average molecular weight is 403 g/mol. The third-order valence-corrected chi connectivity index (χ3v) is 3.82. The number of rotatable bonds is 6. The molecule has 0 bridgehead atoms. The lowest BCUT2D eigenvalue weighted by atomic mass is 10.1. The van der Waals surface area contributed by atoms with Crippen LogP contribution in [0.3, 0.4) is 0 Å². The van der Waals surface area contributed by atoms with Crippen molar-refractivity contribution >= 4 is 35.2 Å². The number of nitrogens with one attached hydrogen (secondary N) is 1. The second-order valence-electron chi connectivity index (χ2n) is 5.61. The van der Waals surface area contributed by atoms with E-state index in [2.05, 4.69) is 5.32 Å². The van der Waals surface area contributed by atoms with Crippen LogP contribution in [0.25, 0.3) is 6.08 Å². The summed E-state index contributed by atoms with van der Waals surface area (Å²) in [5.74, 6) is -1.91. The van der Waals surface area contributed by atoms with Gasteiger partial charge in [0.25, 0.3) is 5.91 Å². The average Bonchev–Trinajstić information content (AvgIpc) is 2.68. The van der Waals surface area contributed by atoms with E-state index in [9.17, 15) is 19.2 Å². The van der Waals surface area contributed by atoms with E-state index in [4.69, 9.17) is 21.1 Å². The maximum atomic E-state index is 13.8. The van der Waals surface area contributed by atoms with Crippen LogP contribution in [0.1, 0.15) is 12.5 Å². The molecule has 0 fully saturated rings. The number of amides is 1. The van der Waals surface area contributed by atoms with Crippen molar-refractivity contribution in [1.82, 2.24) is 0 Å². The van der Waals surface area contributed by atoms with Crippen molar-refractivity contribution in [2.75, 3.05) is 12.4 Å². The normalized spacial score (nSPS) is 11.9. The van der Waals surface area contributed by atoms with E-state index in [1.54, 1.807) is 30.3 Å². The highest BCUT2D eigenvalue weighted by Crippen LogP contribution is 2.20. The number of carbonyl (C=O) groups excluding carboxylic acids is 2. The summed E-state index contributed by atoms with van der Waals surface area (Å²) in [4.78, 5) is 24.3. The largest absolute Gasteiger partial charge is 0.497 e. The molecule has 1 N–H and O–H groups in total. The third-order valence-electron chi connectivity index (χ3n) is 3.59. The number of halogens is 2. The molecule has 2 aromatic carbocycles. The monoisotopic (exact) mass is 402 g/mol. The Labute approximate surface area is 166 Å². The Morgan fingerprint density at radius 2 is 2.04 bits per heavy atom. The molecule has 0 radical (unpaired) electrons. The summed E-state index contributed by atoms with van der Waals surface area (Å²) in [6.07, 6.45) is 0.0542. The standard InChI is InChI=1S/C20H16ClFN2O4/c1-12(19(25)24-18-7-6-15(21)10-17(18)22)28-20(26)14(11-23)8-13-4-3-5-16(9-13)27-2/h3-10,12H,1-2H3,(H,24,25)/b14-8+/t12-/m1/s1. The molecule has 0 aliphatic heterocycles. The van der Waals surface area contributed by atoms with E-state index < -0.39 is 23.8 Å². The lowest BCUT2D eigenvalue weighted by Gasteiger charge is -2.13. The van der Waals surface area contributed by atoms with E-state index in [-0.39, 0.29) is 16.3 Å². The molecule has 2 rings (SSSR count). The van der Waals surface area contributed by atoms with E-state index in [1.165, 1.54) is 32.2 Å². The third kappa shape index (κ3) is 5.56. The molecule has 0 saturated heterocycles. The SMILES string of the molecule is COc1cccc(/C=C(\C#N)C(=O)O[C@H](C)C(=O)Nc2ccc(Cl)cc2F)c1. The summed E-state index contributed by atoms with van der Waals surface area (Å²) in [5, 5.41) is 11.7. The van der Waals surface area contributed by atoms with Gasteiger partial charge < -0.3 is 14.8 Å². The topological polar surface area (TPSA) is 88.4 Å². The zero-order valence-corrected chi connectivity index (χ0v) is 15.8. The van der Waals surface area contributed by atoms with Crippen molar-refractivity contribution in [3.05, 3.63) is 64.4 Å². The van der Waals surface area contributed by atoms with Gasteiger partial charge in [0.05, 0.1) is 12.8 Å². The first-order valence-electron chi connectivity index (χ1n) is 8.06. The summed E-state index contributed by atoms with van der Waals surface area (Å²) >= 11 is 5.65. The Bertz CT molecular complexity index is 969. The molecule has 0 unspecified atom stereocenters. The second-order valence-corrected chi connectivity index (χ2v) is 6.04. The molecule has 0 aliphatic rings. The van der Waals surface area contributed by atoms with Crippen LogP contribution in [0, 0.1) is 17.1 Å². The molecule has 0 spiro atoms. The van der Waals surface area contributed by atoms with E-state index in [0.29, 0.717) is 11.3 Å². The number of esters is 1. The number of methoxy groups -OCH3 is 1. The molecule has 28 heavy (non-hydrogen) atoms. The molecule has 8 heteroatoms. The number of nitriles is 1. The molecule has 2 aromatic rings. The van der Waals surface area contributed by atoms with Gasteiger partial charge in [0.15, 0.2) is 6.10 Å². The molecule has 6 nitrogen and oxygen atoms in total. The number of hydrogen-bond acceptors (Lipinski definition) is 5. The van der Waals surface area contributed by atoms with Crippen LogP contribution in [0.15, 0.2) is 48.0 Å². The van der Waals surface area contributed by atoms with Gasteiger partial charge in [0.1, 0.15) is 23.2 Å². The van der Waals surface area contributed by atoms with Crippen molar-refractivity contribution in [2.45, 2.75) is 13.0 Å². The van der Waals surface area contributed by atoms with Gasteiger partial charge in [0.2, 0.25) is 0 Å². The van der Waals surface area contributed by atoms with Crippen molar-refractivity contribution in [3.63, 3.8) is 0 Å². The van der Waals surface area contributed by atoms with Crippen LogP contribution in [0.5, 0.6) is 5.75 Å². The highest BCUT2D eigenvalue weighted by molar-refractivity contribution is 6.30. The number of ether oxygens (including phenoxy) is 2. The smallest absolute Gasteiger partial charge is 0.349 e. The second kappa shape index (κ2) is 9.53. The zero-order chi connectivity index (χ0) is 20.7. The summed E-state index contributed by atoms with van der Waals surface area (Å²) in [6.45, 7) is 1.31. The van der Waals surface area contributed by atoms with Crippen LogP contribution < -0.4 is 10.1 Å². The Kier molecular flexibility index (Phi) is 7.13. The van der Waals surface area contributed by atoms with Gasteiger partial charge in [-0.15, -0.1) is 0 Å². The van der Waals surface area contributed by atoms with Gasteiger partial charge >= 0.3 is 5.97 Å². The van der Waals surface area contributed by atoms with E-state index >= 15 is 0 Å². The fourth-order valence-electron chi connectivity index (χ4n) is 2.14. The van der Waals surface area contributed by atoms with Crippen LogP contribution in [0.4, 0.5) is 10.1 Å². The van der Waals surface area contributed by atoms with Crippen molar-refractivity contribution < 1.29 is 23.5 Å². The number of hydrogen-bond donors (Lipinski definition) is 1. The maximum Gasteiger partial charge on any atom is 0.349 e. The number of benzene rings is 2. The molecule has 1 atom stereocenters. The van der Waals surface area contributed by atoms with Crippen LogP contribution in [-0.4, -0.2) is 25.1 Å². The fourth-order valence-corrected chi connectivity index (χ4v) is 2.30. The summed E-state index contributed by atoms with van der Waals surface area (Å²) < 4.78 is 23.8. The Morgan fingerprint density at radius 1 is 1.29 bits per heavy atom. The van der Waals surface area contributed by atoms with E-state index in [0.717, 1.165) is 6.07 Å². The van der Waals surface area contributed by atoms with Crippen LogP contribution in [0.2, 0.25) is 5.02 Å². The van der Waals surface area contributed by atoms with Crippen molar-refractivity contribution in [1.29, 1.82) is 5.26 Å². The highest BCUT2D eigenvalue weighted by Gasteiger charge is 2.21. The van der Waals surface area contributed by atoms with Crippen LogP contribution >= 0.6 is 11.6 Å². The van der Waals surface area contributed by atoms with Gasteiger partial charge in [-0.05, 0) is 48.9 Å². The molecule has 1 amide bonds. The summed E-state index contributed by atoms with van der Waals surface area (Å²) in [6, 6.07) is 12.2. The Hall–Kier alpha value is -3.37. The first kappa shape index (κ1) is 20.9. The zero-order valence-electron chi connectivity index (χ0n) is 15.0. The summed E-state index contributed by atoms with van der Waals surface area (Å²) in [5.41, 5.74) is 0.142. The number of carbonyl (C=O) groups is 2. The molecule has 0 saturated carbocycles. The molecule has 0 aliphatic carbocycles. The maximum absolute atomic E-state index is 13.8. The van der Waals surface area contributed by atoms with Gasteiger partial charge in [0, 0.05) is 5.02 Å². The Balaban J connectivity index is 2.07. The highest BCUT2D eigenvalue weighted by atomic mass is 35.5. The van der Waals surface area contributed by atoms with E-state index in [1.807, 2.05) is 0 Å². The molecular weight excluding hydrogens is 387 g/mol. The van der Waals surface area contributed by atoms with Gasteiger partial charge in [-0.2, -0.15) is 5.26 Å². The van der Waals surface area contributed by atoms with Gasteiger partial charge in [-0.1, -0.05) is 23.7 Å². The molecule has 144 valence electrons. The lowest BCUT2D eigenvalue weighted by Crippen LogP contribution is -2.30.